The number of hydrogen-bond acceptors (Lipinski definition) is 6. The minimum Gasteiger partial charge on any atom is -0.337 e. The van der Waals surface area contributed by atoms with E-state index in [0.717, 1.165) is 0 Å². The maximum atomic E-state index is 14.2. The Morgan fingerprint density at radius 1 is 1.17 bits per heavy atom. The van der Waals surface area contributed by atoms with Gasteiger partial charge >= 0.3 is 0 Å². The number of aromatic nitrogens is 5. The van der Waals surface area contributed by atoms with Gasteiger partial charge in [-0.3, -0.25) is 4.98 Å². The van der Waals surface area contributed by atoms with Crippen molar-refractivity contribution in [3.8, 4) is 40.3 Å². The smallest absolute Gasteiger partial charge is 0.276 e. The molecule has 7 nitrogen and oxygen atoms in total. The minimum atomic E-state index is -0.535. The van der Waals surface area contributed by atoms with Gasteiger partial charge in [0.1, 0.15) is 23.4 Å². The van der Waals surface area contributed by atoms with E-state index < -0.39 is 5.82 Å². The van der Waals surface area contributed by atoms with E-state index in [-0.39, 0.29) is 27.5 Å². The van der Waals surface area contributed by atoms with Gasteiger partial charge < -0.3 is 9.51 Å². The lowest BCUT2D eigenvalue weighted by Gasteiger charge is -2.10. The van der Waals surface area contributed by atoms with E-state index >= 15 is 0 Å². The molecule has 150 valence electrons. The number of H-pyrrole nitrogens is 1. The predicted octanol–water partition coefficient (Wildman–Crippen LogP) is 5.15. The van der Waals surface area contributed by atoms with Crippen LogP contribution in [-0.4, -0.2) is 25.1 Å². The molecule has 3 aromatic heterocycles. The highest BCUT2D eigenvalue weighted by molar-refractivity contribution is 6.33. The molecular weight excluding hydrogens is 407 g/mol. The fourth-order valence-electron chi connectivity index (χ4n) is 2.81. The van der Waals surface area contributed by atoms with Crippen molar-refractivity contribution in [2.75, 3.05) is 0 Å². The van der Waals surface area contributed by atoms with Crippen LogP contribution in [0.4, 0.5) is 4.39 Å². The molecule has 0 amide bonds. The molecular formula is C21H16ClFN6O. The second-order valence-corrected chi connectivity index (χ2v) is 8.03. The Balaban J connectivity index is 1.71. The van der Waals surface area contributed by atoms with Gasteiger partial charge in [-0.05, 0) is 24.3 Å². The first-order valence-corrected chi connectivity index (χ1v) is 9.41. The molecule has 1 N–H and O–H groups in total. The monoisotopic (exact) mass is 422 g/mol. The largest absolute Gasteiger partial charge is 0.337 e. The lowest BCUT2D eigenvalue weighted by atomic mass is 9.96. The number of nitriles is 1. The topological polar surface area (TPSA) is 104 Å². The van der Waals surface area contributed by atoms with Crippen LogP contribution in [0.25, 0.3) is 34.2 Å². The second-order valence-electron chi connectivity index (χ2n) is 7.62. The molecule has 0 aliphatic rings. The summed E-state index contributed by atoms with van der Waals surface area (Å²) in [5, 5.41) is 13.7. The maximum absolute atomic E-state index is 14.2. The average molecular weight is 423 g/mol. The number of imidazole rings is 1. The number of halogens is 2. The Hall–Kier alpha value is -3.57. The minimum absolute atomic E-state index is 0.103. The van der Waals surface area contributed by atoms with Crippen LogP contribution in [0.3, 0.4) is 0 Å². The Kier molecular flexibility index (Phi) is 4.84. The SMILES string of the molecule is CC(C)(C)c1noc(-c2ccc(-c3[nH]c(-c4c(F)cccc4Cl)nc3C#N)cn2)n1. The standard InChI is InChI=1S/C21H16ClFN6O/c1-21(2,3)20-28-19(30-29-20)14-8-7-11(10-25-14)17-15(9-24)26-18(27-17)16-12(22)5-4-6-13(16)23/h4-8,10H,1-3H3,(H,26,27). The molecule has 4 rings (SSSR count). The van der Waals surface area contributed by atoms with Crippen molar-refractivity contribution in [1.82, 2.24) is 25.1 Å². The number of hydrogen-bond donors (Lipinski definition) is 1. The quantitative estimate of drug-likeness (QED) is 0.489. The number of nitrogens with zero attached hydrogens (tertiary/aromatic N) is 5. The summed E-state index contributed by atoms with van der Waals surface area (Å²) in [4.78, 5) is 15.9. The Labute approximate surface area is 176 Å². The van der Waals surface area contributed by atoms with Crippen molar-refractivity contribution in [3.63, 3.8) is 0 Å². The van der Waals surface area contributed by atoms with Gasteiger partial charge in [-0.25, -0.2) is 9.37 Å². The summed E-state index contributed by atoms with van der Waals surface area (Å²) in [6, 6.07) is 9.79. The van der Waals surface area contributed by atoms with Gasteiger partial charge in [-0.1, -0.05) is 43.6 Å². The molecule has 4 aromatic rings. The van der Waals surface area contributed by atoms with E-state index in [0.29, 0.717) is 28.7 Å². The van der Waals surface area contributed by atoms with Gasteiger partial charge in [0, 0.05) is 17.2 Å². The van der Waals surface area contributed by atoms with Crippen molar-refractivity contribution >= 4 is 11.6 Å². The molecule has 9 heteroatoms. The molecule has 0 aliphatic carbocycles. The van der Waals surface area contributed by atoms with Crippen LogP contribution >= 0.6 is 11.6 Å². The third kappa shape index (κ3) is 3.55. The molecule has 0 spiro atoms. The van der Waals surface area contributed by atoms with Crippen LogP contribution in [0.2, 0.25) is 5.02 Å². The highest BCUT2D eigenvalue weighted by Gasteiger charge is 2.22. The van der Waals surface area contributed by atoms with Crippen LogP contribution in [0.1, 0.15) is 32.3 Å². The first kappa shape index (κ1) is 19.7. The summed E-state index contributed by atoms with van der Waals surface area (Å²) in [7, 11) is 0. The van der Waals surface area contributed by atoms with E-state index in [4.69, 9.17) is 16.1 Å². The van der Waals surface area contributed by atoms with E-state index in [1.807, 2.05) is 26.8 Å². The second kappa shape index (κ2) is 7.35. The first-order valence-electron chi connectivity index (χ1n) is 9.03. The zero-order valence-electron chi connectivity index (χ0n) is 16.4. The Bertz CT molecular complexity index is 1240. The Morgan fingerprint density at radius 3 is 2.57 bits per heavy atom. The van der Waals surface area contributed by atoms with Gasteiger partial charge in [0.05, 0.1) is 16.3 Å². The van der Waals surface area contributed by atoms with Crippen LogP contribution < -0.4 is 0 Å². The summed E-state index contributed by atoms with van der Waals surface area (Å²) < 4.78 is 19.6. The van der Waals surface area contributed by atoms with Gasteiger partial charge in [0.25, 0.3) is 5.89 Å². The van der Waals surface area contributed by atoms with Gasteiger partial charge in [0.15, 0.2) is 11.5 Å². The molecule has 0 aliphatic heterocycles. The number of rotatable bonds is 3. The van der Waals surface area contributed by atoms with Gasteiger partial charge in [0.2, 0.25) is 0 Å². The van der Waals surface area contributed by atoms with Gasteiger partial charge in [-0.15, -0.1) is 0 Å². The molecule has 0 saturated carbocycles. The van der Waals surface area contributed by atoms with Crippen LogP contribution in [0.15, 0.2) is 41.1 Å². The predicted molar refractivity (Wildman–Crippen MR) is 109 cm³/mol. The zero-order chi connectivity index (χ0) is 21.5. The third-order valence-electron chi connectivity index (χ3n) is 4.38. The van der Waals surface area contributed by atoms with Crippen LogP contribution in [-0.2, 0) is 5.41 Å². The van der Waals surface area contributed by atoms with E-state index in [1.165, 1.54) is 12.1 Å². The van der Waals surface area contributed by atoms with Crippen LogP contribution in [0, 0.1) is 17.1 Å². The third-order valence-corrected chi connectivity index (χ3v) is 4.69. The van der Waals surface area contributed by atoms with Crippen molar-refractivity contribution in [2.24, 2.45) is 0 Å². The summed E-state index contributed by atoms with van der Waals surface area (Å²) in [5.74, 6) is 0.512. The first-order chi connectivity index (χ1) is 14.3. The summed E-state index contributed by atoms with van der Waals surface area (Å²) in [6.45, 7) is 5.96. The molecule has 0 atom stereocenters. The normalized spacial score (nSPS) is 11.5. The molecule has 3 heterocycles. The summed E-state index contributed by atoms with van der Waals surface area (Å²) in [5.41, 5.74) is 1.46. The molecule has 0 bridgehead atoms. The summed E-state index contributed by atoms with van der Waals surface area (Å²) in [6.07, 6.45) is 1.55. The van der Waals surface area contributed by atoms with Crippen molar-refractivity contribution in [1.29, 1.82) is 5.26 Å². The summed E-state index contributed by atoms with van der Waals surface area (Å²) >= 11 is 6.12. The number of nitrogens with one attached hydrogen (secondary N) is 1. The molecule has 1 aromatic carbocycles. The van der Waals surface area contributed by atoms with Gasteiger partial charge in [-0.2, -0.15) is 10.2 Å². The number of benzene rings is 1. The number of aromatic amines is 1. The van der Waals surface area contributed by atoms with E-state index in [9.17, 15) is 9.65 Å². The molecule has 0 radical (unpaired) electrons. The van der Waals surface area contributed by atoms with Crippen molar-refractivity contribution < 1.29 is 8.91 Å². The maximum Gasteiger partial charge on any atom is 0.276 e. The average Bonchev–Trinajstić information content (AvgIpc) is 3.35. The molecule has 0 saturated heterocycles. The van der Waals surface area contributed by atoms with E-state index in [1.54, 1.807) is 24.4 Å². The lowest BCUT2D eigenvalue weighted by molar-refractivity contribution is 0.401. The fourth-order valence-corrected chi connectivity index (χ4v) is 3.06. The molecule has 0 fully saturated rings. The Morgan fingerprint density at radius 2 is 1.97 bits per heavy atom. The highest BCUT2D eigenvalue weighted by Crippen LogP contribution is 2.32. The van der Waals surface area contributed by atoms with Crippen LogP contribution in [0.5, 0.6) is 0 Å². The van der Waals surface area contributed by atoms with E-state index in [2.05, 4.69) is 25.1 Å². The fraction of sp³-hybridized carbons (Fsp3) is 0.190. The number of pyridine rings is 1. The molecule has 30 heavy (non-hydrogen) atoms. The lowest BCUT2D eigenvalue weighted by Crippen LogP contribution is -2.13. The van der Waals surface area contributed by atoms with Crippen molar-refractivity contribution in [3.05, 3.63) is 58.9 Å². The highest BCUT2D eigenvalue weighted by atomic mass is 35.5. The zero-order valence-corrected chi connectivity index (χ0v) is 17.1. The molecule has 0 unspecified atom stereocenters. The van der Waals surface area contributed by atoms with Crippen molar-refractivity contribution in [2.45, 2.75) is 26.2 Å².